The van der Waals surface area contributed by atoms with Crippen LogP contribution < -0.4 is 5.73 Å². The average Bonchev–Trinajstić information content (AvgIpc) is 2.40. The van der Waals surface area contributed by atoms with Crippen molar-refractivity contribution in [1.29, 1.82) is 0 Å². The molecule has 0 aliphatic rings. The third-order valence-electron chi connectivity index (χ3n) is 3.09. The van der Waals surface area contributed by atoms with Crippen LogP contribution in [0.4, 0.5) is 43.9 Å². The summed E-state index contributed by atoms with van der Waals surface area (Å²) >= 11 is 5.18. The molecule has 0 aromatic heterocycles. The van der Waals surface area contributed by atoms with E-state index < -0.39 is 69.2 Å². The van der Waals surface area contributed by atoms with Crippen molar-refractivity contribution < 1.29 is 57.1 Å². The molecule has 0 rings (SSSR count). The lowest BCUT2D eigenvalue weighted by Gasteiger charge is -2.31. The molecule has 0 aromatic rings. The van der Waals surface area contributed by atoms with Crippen LogP contribution in [0.15, 0.2) is 0 Å². The molecule has 1 unspecified atom stereocenters. The van der Waals surface area contributed by atoms with Crippen LogP contribution in [-0.4, -0.2) is 48.5 Å². The Morgan fingerprint density at radius 3 is 1.58 bits per heavy atom. The van der Waals surface area contributed by atoms with Gasteiger partial charge in [-0.25, -0.2) is 8.42 Å². The summed E-state index contributed by atoms with van der Waals surface area (Å²) in [5.74, 6) is -16.7. The van der Waals surface area contributed by atoms with Gasteiger partial charge in [-0.15, -0.1) is 0 Å². The lowest BCUT2D eigenvalue weighted by molar-refractivity contribution is -0.355. The van der Waals surface area contributed by atoms with E-state index in [0.29, 0.717) is 0 Å². The lowest BCUT2D eigenvalue weighted by Crippen LogP contribution is -2.54. The molecule has 156 valence electrons. The predicted octanol–water partition coefficient (Wildman–Crippen LogP) is 3.39. The summed E-state index contributed by atoms with van der Waals surface area (Å²) in [4.78, 5) is 11.1. The number of alkyl halides is 11. The SMILES string of the molecule is NC(=O)C(Cl)(CCC(F)(F)C(F)(F)C(F)(F)F)S(=O)(=O)CCC(F)(F)F. The molecule has 0 aromatic carbocycles. The summed E-state index contributed by atoms with van der Waals surface area (Å²) in [7, 11) is -5.45. The van der Waals surface area contributed by atoms with E-state index in [9.17, 15) is 57.1 Å². The number of hydrogen-bond donors (Lipinski definition) is 1. The summed E-state index contributed by atoms with van der Waals surface area (Å²) in [6.45, 7) is 0. The van der Waals surface area contributed by atoms with Crippen molar-refractivity contribution in [2.75, 3.05) is 5.75 Å². The maximum absolute atomic E-state index is 13.2. The first-order valence-electron chi connectivity index (χ1n) is 6.21. The maximum atomic E-state index is 13.2. The Morgan fingerprint density at radius 1 is 0.846 bits per heavy atom. The number of halogens is 11. The van der Waals surface area contributed by atoms with Crippen LogP contribution in [0.3, 0.4) is 0 Å². The van der Waals surface area contributed by atoms with Gasteiger partial charge in [-0.2, -0.15) is 43.9 Å². The number of nitrogens with two attached hydrogens (primary N) is 1. The van der Waals surface area contributed by atoms with Gasteiger partial charge in [0.15, 0.2) is 9.84 Å². The number of rotatable bonds is 8. The Bertz CT molecular complexity index is 630. The fourth-order valence-corrected chi connectivity index (χ4v) is 3.40. The number of hydrogen-bond acceptors (Lipinski definition) is 3. The van der Waals surface area contributed by atoms with Gasteiger partial charge in [0.1, 0.15) is 0 Å². The highest BCUT2D eigenvalue weighted by atomic mass is 35.5. The van der Waals surface area contributed by atoms with E-state index in [1.165, 1.54) is 0 Å². The minimum atomic E-state index is -6.73. The molecule has 0 saturated carbocycles. The van der Waals surface area contributed by atoms with Crippen LogP contribution in [0.1, 0.15) is 19.3 Å². The molecule has 0 fully saturated rings. The van der Waals surface area contributed by atoms with Crippen LogP contribution in [0, 0.1) is 0 Å². The lowest BCUT2D eigenvalue weighted by atomic mass is 10.0. The van der Waals surface area contributed by atoms with Crippen LogP contribution >= 0.6 is 11.6 Å². The first-order chi connectivity index (χ1) is 11.1. The first kappa shape index (κ1) is 25.0. The van der Waals surface area contributed by atoms with Gasteiger partial charge in [-0.05, 0) is 6.42 Å². The standard InChI is InChI=1S/C10H10ClF10NO3S/c11-6(5(22)23,26(24,25)4-3-8(14,15)16)1-2-7(12,13)9(17,18)10(19,20)21/h1-4H2,(H2,22,23). The molecule has 1 amide bonds. The summed E-state index contributed by atoms with van der Waals surface area (Å²) in [6, 6.07) is 0. The topological polar surface area (TPSA) is 77.2 Å². The molecule has 0 spiro atoms. The third-order valence-corrected chi connectivity index (χ3v) is 6.30. The average molecular weight is 450 g/mol. The van der Waals surface area contributed by atoms with E-state index in [1.54, 1.807) is 0 Å². The zero-order chi connectivity index (χ0) is 21.4. The minimum absolute atomic E-state index is 1.93. The highest BCUT2D eigenvalue weighted by molar-refractivity contribution is 7.95. The second-order valence-electron chi connectivity index (χ2n) is 5.05. The Kier molecular flexibility index (Phi) is 6.93. The molecule has 4 nitrogen and oxygen atoms in total. The highest BCUT2D eigenvalue weighted by Crippen LogP contribution is 2.49. The number of primary amides is 1. The van der Waals surface area contributed by atoms with Crippen molar-refractivity contribution in [3.63, 3.8) is 0 Å². The molecule has 26 heavy (non-hydrogen) atoms. The van der Waals surface area contributed by atoms with Gasteiger partial charge in [0.25, 0.3) is 5.91 Å². The van der Waals surface area contributed by atoms with Crippen LogP contribution in [0.2, 0.25) is 0 Å². The fourth-order valence-electron chi connectivity index (χ4n) is 1.53. The van der Waals surface area contributed by atoms with Crippen LogP contribution in [-0.2, 0) is 14.6 Å². The van der Waals surface area contributed by atoms with Gasteiger partial charge in [-0.1, -0.05) is 11.6 Å². The molecular weight excluding hydrogens is 440 g/mol. The third kappa shape index (κ3) is 5.27. The normalized spacial score (nSPS) is 17.0. The Hall–Kier alpha value is -0.990. The zero-order valence-electron chi connectivity index (χ0n) is 12.2. The first-order valence-corrected chi connectivity index (χ1v) is 8.24. The quantitative estimate of drug-likeness (QED) is 0.456. The molecule has 0 bridgehead atoms. The van der Waals surface area contributed by atoms with Gasteiger partial charge in [0, 0.05) is 6.42 Å². The smallest absolute Gasteiger partial charge is 0.367 e. The van der Waals surface area contributed by atoms with Crippen molar-refractivity contribution in [2.45, 2.75) is 47.7 Å². The van der Waals surface area contributed by atoms with Crippen molar-refractivity contribution >= 4 is 27.3 Å². The van der Waals surface area contributed by atoms with E-state index in [-0.39, 0.29) is 0 Å². The van der Waals surface area contributed by atoms with Crippen LogP contribution in [0.25, 0.3) is 0 Å². The number of amides is 1. The summed E-state index contributed by atoms with van der Waals surface area (Å²) < 4.78 is 144. The van der Waals surface area contributed by atoms with Crippen molar-refractivity contribution in [3.8, 4) is 0 Å². The molecule has 0 saturated heterocycles. The van der Waals surface area contributed by atoms with Gasteiger partial charge in [0.05, 0.1) is 12.2 Å². The molecule has 0 radical (unpaired) electrons. The molecule has 0 heterocycles. The zero-order valence-corrected chi connectivity index (χ0v) is 13.8. The van der Waals surface area contributed by atoms with Gasteiger partial charge in [0.2, 0.25) is 4.21 Å². The summed E-state index contributed by atoms with van der Waals surface area (Å²) in [5, 5.41) is 0. The maximum Gasteiger partial charge on any atom is 0.459 e. The second-order valence-corrected chi connectivity index (χ2v) is 8.26. The van der Waals surface area contributed by atoms with Gasteiger partial charge in [-0.3, -0.25) is 4.79 Å². The molecule has 2 N–H and O–H groups in total. The van der Waals surface area contributed by atoms with E-state index in [2.05, 4.69) is 5.73 Å². The number of carbonyl (C=O) groups is 1. The van der Waals surface area contributed by atoms with Crippen molar-refractivity contribution in [2.24, 2.45) is 5.73 Å². The predicted molar refractivity (Wildman–Crippen MR) is 67.4 cm³/mol. The largest absolute Gasteiger partial charge is 0.459 e. The van der Waals surface area contributed by atoms with E-state index >= 15 is 0 Å². The molecule has 1 atom stereocenters. The number of sulfone groups is 1. The monoisotopic (exact) mass is 449 g/mol. The van der Waals surface area contributed by atoms with Crippen molar-refractivity contribution in [1.82, 2.24) is 0 Å². The van der Waals surface area contributed by atoms with Gasteiger partial charge < -0.3 is 5.73 Å². The van der Waals surface area contributed by atoms with E-state index in [0.717, 1.165) is 0 Å². The Labute approximate surface area is 144 Å². The molecule has 0 aliphatic carbocycles. The van der Waals surface area contributed by atoms with E-state index in [4.69, 9.17) is 11.6 Å². The summed E-state index contributed by atoms with van der Waals surface area (Å²) in [6.07, 6.45) is -18.6. The van der Waals surface area contributed by atoms with Gasteiger partial charge >= 0.3 is 24.2 Å². The molecular formula is C10H10ClF10NO3S. The second kappa shape index (κ2) is 7.20. The highest BCUT2D eigenvalue weighted by Gasteiger charge is 2.73. The minimum Gasteiger partial charge on any atom is -0.367 e. The molecule has 0 aliphatic heterocycles. The fraction of sp³-hybridized carbons (Fsp3) is 0.900. The Balaban J connectivity index is 5.64. The summed E-state index contributed by atoms with van der Waals surface area (Å²) in [5.41, 5.74) is 4.53. The van der Waals surface area contributed by atoms with Crippen LogP contribution in [0.5, 0.6) is 0 Å². The van der Waals surface area contributed by atoms with E-state index in [1.807, 2.05) is 0 Å². The number of carbonyl (C=O) groups excluding carboxylic acids is 1. The van der Waals surface area contributed by atoms with Crippen molar-refractivity contribution in [3.05, 3.63) is 0 Å². The Morgan fingerprint density at radius 2 is 1.27 bits per heavy atom. The molecule has 16 heteroatoms.